The van der Waals surface area contributed by atoms with Crippen molar-refractivity contribution in [3.63, 3.8) is 0 Å². The lowest BCUT2D eigenvalue weighted by Gasteiger charge is -2.42. The molecule has 1 aliphatic rings. The first-order valence-electron chi connectivity index (χ1n) is 8.27. The number of fused-ring (bicyclic) bond motifs is 1. The average Bonchev–Trinajstić information content (AvgIpc) is 2.47. The smallest absolute Gasteiger partial charge is 0.0349 e. The van der Waals surface area contributed by atoms with E-state index in [1.54, 1.807) is 0 Å². The van der Waals surface area contributed by atoms with Gasteiger partial charge in [-0.15, -0.1) is 0 Å². The lowest BCUT2D eigenvalue weighted by atomic mass is 9.63. The van der Waals surface area contributed by atoms with Gasteiger partial charge in [-0.05, 0) is 58.4 Å². The highest BCUT2D eigenvalue weighted by molar-refractivity contribution is 5.50. The Morgan fingerprint density at radius 3 is 2.18 bits per heavy atom. The largest absolute Gasteiger partial charge is 0.398 e. The van der Waals surface area contributed by atoms with Crippen LogP contribution in [0.3, 0.4) is 0 Å². The predicted molar refractivity (Wildman–Crippen MR) is 95.4 cm³/mol. The van der Waals surface area contributed by atoms with Gasteiger partial charge in [-0.25, -0.2) is 0 Å². The molecule has 0 saturated heterocycles. The van der Waals surface area contributed by atoms with Crippen LogP contribution in [0, 0.1) is 0 Å². The fourth-order valence-electron chi connectivity index (χ4n) is 3.66. The Hall–Kier alpha value is -1.76. The maximum Gasteiger partial charge on any atom is 0.0349 e. The molecule has 0 fully saturated rings. The Morgan fingerprint density at radius 2 is 1.50 bits per heavy atom. The van der Waals surface area contributed by atoms with Crippen LogP contribution in [0.2, 0.25) is 0 Å². The minimum atomic E-state index is 0.267. The van der Waals surface area contributed by atoms with E-state index in [0.29, 0.717) is 0 Å². The van der Waals surface area contributed by atoms with Gasteiger partial charge in [-0.3, -0.25) is 0 Å². The van der Waals surface area contributed by atoms with Gasteiger partial charge in [0.2, 0.25) is 0 Å². The van der Waals surface area contributed by atoms with E-state index in [-0.39, 0.29) is 10.8 Å². The van der Waals surface area contributed by atoms with E-state index >= 15 is 0 Å². The van der Waals surface area contributed by atoms with Crippen molar-refractivity contribution in [2.24, 2.45) is 0 Å². The molecule has 2 aromatic carbocycles. The summed E-state index contributed by atoms with van der Waals surface area (Å²) in [5, 5.41) is 0. The molecule has 2 aromatic rings. The maximum atomic E-state index is 6.10. The first-order valence-corrected chi connectivity index (χ1v) is 8.27. The third-order valence-electron chi connectivity index (χ3n) is 5.37. The molecule has 2 N–H and O–H groups in total. The molecule has 1 heteroatoms. The number of rotatable bonds is 2. The van der Waals surface area contributed by atoms with E-state index in [9.17, 15) is 0 Å². The Morgan fingerprint density at radius 1 is 0.864 bits per heavy atom. The van der Waals surface area contributed by atoms with Crippen LogP contribution in [-0.4, -0.2) is 0 Å². The SMILES string of the molecule is CC1(C)CCC(C)(C)c2cc(Cc3ccccc3N)ccc21. The molecule has 0 bridgehead atoms. The van der Waals surface area contributed by atoms with E-state index in [0.717, 1.165) is 12.1 Å². The Labute approximate surface area is 134 Å². The second-order valence-electron chi connectivity index (χ2n) is 8.02. The maximum absolute atomic E-state index is 6.10. The summed E-state index contributed by atoms with van der Waals surface area (Å²) < 4.78 is 0. The summed E-state index contributed by atoms with van der Waals surface area (Å²) in [4.78, 5) is 0. The van der Waals surface area contributed by atoms with Crippen LogP contribution in [0.4, 0.5) is 5.69 Å². The Bertz CT molecular complexity index is 695. The van der Waals surface area contributed by atoms with Gasteiger partial charge in [0.05, 0.1) is 0 Å². The average molecular weight is 293 g/mol. The molecule has 0 aromatic heterocycles. The van der Waals surface area contributed by atoms with Crippen LogP contribution >= 0.6 is 0 Å². The molecule has 0 radical (unpaired) electrons. The van der Waals surface area contributed by atoms with E-state index in [4.69, 9.17) is 5.73 Å². The van der Waals surface area contributed by atoms with Crippen LogP contribution in [0.25, 0.3) is 0 Å². The topological polar surface area (TPSA) is 26.0 Å². The van der Waals surface area contributed by atoms with Crippen molar-refractivity contribution in [2.75, 3.05) is 5.73 Å². The van der Waals surface area contributed by atoms with Crippen molar-refractivity contribution in [1.82, 2.24) is 0 Å². The van der Waals surface area contributed by atoms with Gasteiger partial charge in [0.25, 0.3) is 0 Å². The predicted octanol–water partition coefficient (Wildman–Crippen LogP) is 5.21. The number of hydrogen-bond acceptors (Lipinski definition) is 1. The summed E-state index contributed by atoms with van der Waals surface area (Å²) in [5.74, 6) is 0. The van der Waals surface area contributed by atoms with Gasteiger partial charge in [-0.1, -0.05) is 64.1 Å². The van der Waals surface area contributed by atoms with Crippen LogP contribution in [0.1, 0.15) is 62.8 Å². The van der Waals surface area contributed by atoms with Gasteiger partial charge < -0.3 is 5.73 Å². The van der Waals surface area contributed by atoms with Gasteiger partial charge in [0.1, 0.15) is 0 Å². The van der Waals surface area contributed by atoms with E-state index in [2.05, 4.69) is 58.0 Å². The summed E-state index contributed by atoms with van der Waals surface area (Å²) in [6.45, 7) is 9.50. The van der Waals surface area contributed by atoms with Gasteiger partial charge in [0.15, 0.2) is 0 Å². The highest BCUT2D eigenvalue weighted by Crippen LogP contribution is 2.46. The summed E-state index contributed by atoms with van der Waals surface area (Å²) in [7, 11) is 0. The number of hydrogen-bond donors (Lipinski definition) is 1. The van der Waals surface area contributed by atoms with Crippen LogP contribution in [-0.2, 0) is 17.3 Å². The number of para-hydroxylation sites is 1. The fraction of sp³-hybridized carbons (Fsp3) is 0.429. The van der Waals surface area contributed by atoms with Crippen molar-refractivity contribution >= 4 is 5.69 Å². The molecular weight excluding hydrogens is 266 g/mol. The van der Waals surface area contributed by atoms with Crippen molar-refractivity contribution in [3.8, 4) is 0 Å². The number of nitrogen functional groups attached to an aromatic ring is 1. The molecule has 0 aliphatic heterocycles. The first-order chi connectivity index (χ1) is 10.3. The molecule has 0 unspecified atom stereocenters. The number of anilines is 1. The molecule has 0 atom stereocenters. The first kappa shape index (κ1) is 15.1. The minimum absolute atomic E-state index is 0.267. The second kappa shape index (κ2) is 5.15. The molecule has 0 heterocycles. The zero-order chi connectivity index (χ0) is 16.0. The molecule has 22 heavy (non-hydrogen) atoms. The van der Waals surface area contributed by atoms with Crippen molar-refractivity contribution < 1.29 is 0 Å². The highest BCUT2D eigenvalue weighted by atomic mass is 14.6. The standard InChI is InChI=1S/C21H27N/c1-20(2)11-12-21(3,4)18-14-15(9-10-17(18)20)13-16-7-5-6-8-19(16)22/h5-10,14H,11-13,22H2,1-4H3. The van der Waals surface area contributed by atoms with Crippen LogP contribution in [0.5, 0.6) is 0 Å². The molecule has 116 valence electrons. The lowest BCUT2D eigenvalue weighted by molar-refractivity contribution is 0.331. The molecular formula is C21H27N. The molecule has 3 rings (SSSR count). The van der Waals surface area contributed by atoms with Crippen LogP contribution < -0.4 is 5.73 Å². The summed E-state index contributed by atoms with van der Waals surface area (Å²) in [6, 6.07) is 15.2. The van der Waals surface area contributed by atoms with Crippen LogP contribution in [0.15, 0.2) is 42.5 Å². The van der Waals surface area contributed by atoms with E-state index < -0.39 is 0 Å². The second-order valence-corrected chi connectivity index (χ2v) is 8.02. The normalized spacial score (nSPS) is 18.7. The van der Waals surface area contributed by atoms with E-state index in [1.165, 1.54) is 35.1 Å². The molecule has 1 aliphatic carbocycles. The summed E-state index contributed by atoms with van der Waals surface area (Å²) >= 11 is 0. The number of benzene rings is 2. The summed E-state index contributed by atoms with van der Waals surface area (Å²) in [6.07, 6.45) is 3.43. The van der Waals surface area contributed by atoms with Gasteiger partial charge in [0, 0.05) is 5.69 Å². The van der Waals surface area contributed by atoms with Crippen molar-refractivity contribution in [2.45, 2.75) is 57.8 Å². The quantitative estimate of drug-likeness (QED) is 0.756. The van der Waals surface area contributed by atoms with Crippen molar-refractivity contribution in [1.29, 1.82) is 0 Å². The highest BCUT2D eigenvalue weighted by Gasteiger charge is 2.36. The zero-order valence-electron chi connectivity index (χ0n) is 14.2. The minimum Gasteiger partial charge on any atom is -0.398 e. The van der Waals surface area contributed by atoms with Crippen molar-refractivity contribution in [3.05, 3.63) is 64.7 Å². The van der Waals surface area contributed by atoms with Gasteiger partial charge >= 0.3 is 0 Å². The van der Waals surface area contributed by atoms with Gasteiger partial charge in [-0.2, -0.15) is 0 Å². The fourth-order valence-corrected chi connectivity index (χ4v) is 3.66. The Balaban J connectivity index is 2.01. The molecule has 1 nitrogen and oxygen atoms in total. The molecule has 0 saturated carbocycles. The molecule has 0 amide bonds. The van der Waals surface area contributed by atoms with E-state index in [1.807, 2.05) is 12.1 Å². The molecule has 0 spiro atoms. The summed E-state index contributed by atoms with van der Waals surface area (Å²) in [5.41, 5.74) is 13.2. The number of nitrogens with two attached hydrogens (primary N) is 1. The Kier molecular flexibility index (Phi) is 3.55. The third kappa shape index (κ3) is 2.65. The lowest BCUT2D eigenvalue weighted by Crippen LogP contribution is -2.33. The third-order valence-corrected chi connectivity index (χ3v) is 5.37. The monoisotopic (exact) mass is 293 g/mol. The zero-order valence-corrected chi connectivity index (χ0v) is 14.2.